The van der Waals surface area contributed by atoms with Crippen molar-refractivity contribution in [1.29, 1.82) is 0 Å². The van der Waals surface area contributed by atoms with Crippen molar-refractivity contribution in [2.45, 2.75) is 19.3 Å². The van der Waals surface area contributed by atoms with Crippen LogP contribution in [0.3, 0.4) is 0 Å². The van der Waals surface area contributed by atoms with Gasteiger partial charge in [0, 0.05) is 31.9 Å². The number of carboxylic acids is 1. The lowest BCUT2D eigenvalue weighted by molar-refractivity contribution is -0.149. The lowest BCUT2D eigenvalue weighted by Crippen LogP contribution is -2.38. The van der Waals surface area contributed by atoms with Crippen molar-refractivity contribution >= 4 is 28.6 Å². The van der Waals surface area contributed by atoms with Gasteiger partial charge in [-0.3, -0.25) is 9.59 Å². The average molecular weight is 355 g/mol. The van der Waals surface area contributed by atoms with E-state index in [1.54, 1.807) is 30.1 Å². The zero-order valence-corrected chi connectivity index (χ0v) is 14.6. The van der Waals surface area contributed by atoms with Crippen LogP contribution in [-0.2, 0) is 11.8 Å². The Balaban J connectivity index is 1.56. The summed E-state index contributed by atoms with van der Waals surface area (Å²) in [6.45, 7) is 0.731. The summed E-state index contributed by atoms with van der Waals surface area (Å²) in [6, 6.07) is 8.37. The van der Waals surface area contributed by atoms with Crippen molar-refractivity contribution < 1.29 is 14.7 Å². The van der Waals surface area contributed by atoms with Gasteiger partial charge in [-0.1, -0.05) is 12.5 Å². The molecule has 1 saturated carbocycles. The van der Waals surface area contributed by atoms with Gasteiger partial charge in [0.2, 0.25) is 0 Å². The van der Waals surface area contributed by atoms with Gasteiger partial charge in [0.25, 0.3) is 5.56 Å². The normalized spacial score (nSPS) is 24.7. The minimum atomic E-state index is -0.795. The molecule has 7 heteroatoms. The molecule has 1 saturated heterocycles. The Bertz CT molecular complexity index is 967. The van der Waals surface area contributed by atoms with Crippen molar-refractivity contribution in [2.24, 2.45) is 18.4 Å². The van der Waals surface area contributed by atoms with Crippen molar-refractivity contribution in [3.05, 3.63) is 40.7 Å². The maximum atomic E-state index is 12.7. The molecule has 2 aromatic rings. The summed E-state index contributed by atoms with van der Waals surface area (Å²) < 4.78 is 1.53. The SMILES string of the molecule is Cn1c(=O)ccc2ccc(NC(=O)N3C[C@@H]4CCC[C@@]4(C(=O)O)C3)cc21. The van der Waals surface area contributed by atoms with E-state index < -0.39 is 11.4 Å². The average Bonchev–Trinajstić information content (AvgIpc) is 3.17. The van der Waals surface area contributed by atoms with Crippen LogP contribution in [-0.4, -0.2) is 39.7 Å². The fourth-order valence-corrected chi connectivity index (χ4v) is 4.44. The molecular weight excluding hydrogens is 334 g/mol. The predicted octanol–water partition coefficient (Wildman–Crippen LogP) is 2.26. The fourth-order valence-electron chi connectivity index (χ4n) is 4.44. The third kappa shape index (κ3) is 2.46. The fraction of sp³-hybridized carbons (Fsp3) is 0.421. The molecule has 1 aliphatic carbocycles. The first-order chi connectivity index (χ1) is 12.4. The van der Waals surface area contributed by atoms with Crippen LogP contribution in [0.2, 0.25) is 0 Å². The summed E-state index contributed by atoms with van der Waals surface area (Å²) in [7, 11) is 1.69. The lowest BCUT2D eigenvalue weighted by Gasteiger charge is -2.23. The number of likely N-dealkylation sites (tertiary alicyclic amines) is 1. The summed E-state index contributed by atoms with van der Waals surface area (Å²) >= 11 is 0. The van der Waals surface area contributed by atoms with E-state index in [9.17, 15) is 19.5 Å². The van der Waals surface area contributed by atoms with Crippen molar-refractivity contribution in [3.8, 4) is 0 Å². The number of nitrogens with zero attached hydrogens (tertiary/aromatic N) is 2. The molecule has 2 aliphatic rings. The Kier molecular flexibility index (Phi) is 3.75. The Labute approximate surface area is 150 Å². The number of carbonyl (C=O) groups excluding carboxylic acids is 1. The third-order valence-electron chi connectivity index (χ3n) is 5.96. The number of rotatable bonds is 2. The number of carbonyl (C=O) groups is 2. The number of nitrogens with one attached hydrogen (secondary N) is 1. The first kappa shape index (κ1) is 16.6. The largest absolute Gasteiger partial charge is 0.481 e. The van der Waals surface area contributed by atoms with Crippen molar-refractivity contribution in [3.63, 3.8) is 0 Å². The van der Waals surface area contributed by atoms with Crippen LogP contribution >= 0.6 is 0 Å². The van der Waals surface area contributed by atoms with Crippen LogP contribution in [0.1, 0.15) is 19.3 Å². The highest BCUT2D eigenvalue weighted by Gasteiger charge is 2.55. The molecular formula is C19H21N3O4. The molecule has 2 N–H and O–H groups in total. The number of aromatic nitrogens is 1. The second-order valence-corrected chi connectivity index (χ2v) is 7.37. The highest BCUT2D eigenvalue weighted by Crippen LogP contribution is 2.48. The molecule has 0 bridgehead atoms. The van der Waals surface area contributed by atoms with Crippen LogP contribution in [0.4, 0.5) is 10.5 Å². The van der Waals surface area contributed by atoms with E-state index in [0.29, 0.717) is 18.7 Å². The number of hydrogen-bond donors (Lipinski definition) is 2. The minimum Gasteiger partial charge on any atom is -0.481 e. The van der Waals surface area contributed by atoms with Crippen molar-refractivity contribution in [2.75, 3.05) is 18.4 Å². The minimum absolute atomic E-state index is 0.0307. The number of amides is 2. The molecule has 1 aliphatic heterocycles. The van der Waals surface area contributed by atoms with Gasteiger partial charge in [0.15, 0.2) is 0 Å². The Morgan fingerprint density at radius 1 is 1.27 bits per heavy atom. The zero-order chi connectivity index (χ0) is 18.5. The lowest BCUT2D eigenvalue weighted by atomic mass is 9.81. The van der Waals surface area contributed by atoms with Crippen LogP contribution in [0.15, 0.2) is 35.1 Å². The highest BCUT2D eigenvalue weighted by atomic mass is 16.4. The molecule has 0 spiro atoms. The van der Waals surface area contributed by atoms with Gasteiger partial charge in [-0.05, 0) is 42.3 Å². The highest BCUT2D eigenvalue weighted by molar-refractivity contribution is 5.93. The Morgan fingerprint density at radius 3 is 2.77 bits per heavy atom. The molecule has 136 valence electrons. The molecule has 2 fully saturated rings. The molecule has 7 nitrogen and oxygen atoms in total. The number of anilines is 1. The molecule has 0 radical (unpaired) electrons. The number of aliphatic carboxylic acids is 1. The number of aryl methyl sites for hydroxylation is 1. The number of pyridine rings is 1. The molecule has 1 aromatic carbocycles. The van der Waals surface area contributed by atoms with Gasteiger partial charge in [0.1, 0.15) is 0 Å². The Morgan fingerprint density at radius 2 is 2.04 bits per heavy atom. The summed E-state index contributed by atoms with van der Waals surface area (Å²) in [4.78, 5) is 37.8. The van der Waals surface area contributed by atoms with E-state index in [4.69, 9.17) is 0 Å². The summed E-state index contributed by atoms with van der Waals surface area (Å²) in [5, 5.41) is 13.4. The van der Waals surface area contributed by atoms with Crippen molar-refractivity contribution in [1.82, 2.24) is 9.47 Å². The van der Waals surface area contributed by atoms with Crippen LogP contribution in [0, 0.1) is 11.3 Å². The van der Waals surface area contributed by atoms with E-state index >= 15 is 0 Å². The maximum Gasteiger partial charge on any atom is 0.321 e. The maximum absolute atomic E-state index is 12.7. The third-order valence-corrected chi connectivity index (χ3v) is 5.96. The topological polar surface area (TPSA) is 91.6 Å². The molecule has 0 unspecified atom stereocenters. The van der Waals surface area contributed by atoms with Gasteiger partial charge in [0.05, 0.1) is 10.9 Å². The number of benzene rings is 1. The molecule has 4 rings (SSSR count). The first-order valence-electron chi connectivity index (χ1n) is 8.80. The van der Waals surface area contributed by atoms with Gasteiger partial charge in [-0.15, -0.1) is 0 Å². The van der Waals surface area contributed by atoms with Gasteiger partial charge in [-0.25, -0.2) is 4.79 Å². The number of fused-ring (bicyclic) bond motifs is 2. The zero-order valence-electron chi connectivity index (χ0n) is 14.6. The van der Waals surface area contributed by atoms with E-state index in [1.165, 1.54) is 10.6 Å². The van der Waals surface area contributed by atoms with Gasteiger partial charge in [-0.2, -0.15) is 0 Å². The molecule has 2 heterocycles. The number of hydrogen-bond acceptors (Lipinski definition) is 3. The quantitative estimate of drug-likeness (QED) is 0.864. The Hall–Kier alpha value is -2.83. The molecule has 1 aromatic heterocycles. The number of urea groups is 1. The van der Waals surface area contributed by atoms with Crippen LogP contribution in [0.25, 0.3) is 10.9 Å². The molecule has 26 heavy (non-hydrogen) atoms. The van der Waals surface area contributed by atoms with E-state index in [2.05, 4.69) is 5.32 Å². The second kappa shape index (κ2) is 5.86. The predicted molar refractivity (Wildman–Crippen MR) is 97.2 cm³/mol. The van der Waals surface area contributed by atoms with Crippen LogP contribution < -0.4 is 10.9 Å². The van der Waals surface area contributed by atoms with E-state index in [1.807, 2.05) is 6.07 Å². The van der Waals surface area contributed by atoms with E-state index in [-0.39, 0.29) is 24.1 Å². The standard InChI is InChI=1S/C19H21N3O4/c1-21-15-9-14(6-4-12(15)5-7-16(21)23)20-18(26)22-10-13-3-2-8-19(13,11-22)17(24)25/h4-7,9,13H,2-3,8,10-11H2,1H3,(H,20,26)(H,24,25)/t13-,19+/m0/s1. The monoisotopic (exact) mass is 355 g/mol. The second-order valence-electron chi connectivity index (χ2n) is 7.37. The summed E-state index contributed by atoms with van der Waals surface area (Å²) in [5.41, 5.74) is 0.419. The summed E-state index contributed by atoms with van der Waals surface area (Å²) in [6.07, 6.45) is 2.40. The van der Waals surface area contributed by atoms with Gasteiger partial charge < -0.3 is 19.9 Å². The van der Waals surface area contributed by atoms with Gasteiger partial charge >= 0.3 is 12.0 Å². The molecule has 2 atom stereocenters. The first-order valence-corrected chi connectivity index (χ1v) is 8.80. The smallest absolute Gasteiger partial charge is 0.321 e. The van der Waals surface area contributed by atoms with Crippen LogP contribution in [0.5, 0.6) is 0 Å². The summed E-state index contributed by atoms with van der Waals surface area (Å²) in [5.74, 6) is -0.765. The number of carboxylic acid groups (broad SMARTS) is 1. The molecule has 2 amide bonds. The van der Waals surface area contributed by atoms with E-state index in [0.717, 1.165) is 23.7 Å².